The Bertz CT molecular complexity index is 1250. The smallest absolute Gasteiger partial charge is 0.319 e. The number of aromatic nitrogens is 1. The highest BCUT2D eigenvalue weighted by molar-refractivity contribution is 9.10. The van der Waals surface area contributed by atoms with Gasteiger partial charge >= 0.3 is 6.03 Å². The predicted octanol–water partition coefficient (Wildman–Crippen LogP) is 6.28. The number of benzene rings is 2. The van der Waals surface area contributed by atoms with Crippen LogP contribution >= 0.6 is 15.9 Å². The van der Waals surface area contributed by atoms with Gasteiger partial charge in [0.1, 0.15) is 0 Å². The molecule has 2 aromatic carbocycles. The van der Waals surface area contributed by atoms with Gasteiger partial charge in [-0.2, -0.15) is 0 Å². The summed E-state index contributed by atoms with van der Waals surface area (Å²) in [6.07, 6.45) is -0.200. The average Bonchev–Trinajstić information content (AvgIpc) is 2.77. The SMILES string of the molecule is [C-]#[N+]c1nc(-c2ccccc2)c(NC(=O)N[C@@H]2c3ccc(Br)cc3C(C)(C)C[C@H]2O)cc1C. The van der Waals surface area contributed by atoms with E-state index in [9.17, 15) is 9.90 Å². The summed E-state index contributed by atoms with van der Waals surface area (Å²) in [6.45, 7) is 13.4. The molecule has 2 amide bonds. The number of aliphatic hydroxyl groups excluding tert-OH is 1. The van der Waals surface area contributed by atoms with E-state index >= 15 is 0 Å². The minimum absolute atomic E-state index is 0.218. The van der Waals surface area contributed by atoms with Crippen LogP contribution in [0.15, 0.2) is 59.1 Å². The molecule has 0 fully saturated rings. The van der Waals surface area contributed by atoms with Crippen molar-refractivity contribution in [2.45, 2.75) is 44.8 Å². The number of nitrogens with zero attached hydrogens (tertiary/aromatic N) is 2. The molecule has 1 aromatic heterocycles. The zero-order valence-electron chi connectivity index (χ0n) is 18.7. The van der Waals surface area contributed by atoms with Gasteiger partial charge in [-0.15, -0.1) is 4.98 Å². The first-order valence-corrected chi connectivity index (χ1v) is 11.5. The standard InChI is InChI=1S/C26H25BrN4O2/c1-15-12-20(22(30-24(15)28-4)16-8-6-5-7-9-16)29-25(33)31-23-18-11-10-17(27)13-19(18)26(2,3)14-21(23)32/h5-13,21,23,32H,14H2,1-3H3,(H2,29,31,33)/t21-,23-/m1/s1. The second-order valence-electron chi connectivity index (χ2n) is 8.97. The van der Waals surface area contributed by atoms with Crippen LogP contribution in [0, 0.1) is 13.5 Å². The average molecular weight is 505 g/mol. The second-order valence-corrected chi connectivity index (χ2v) is 9.88. The molecule has 3 aromatic rings. The Balaban J connectivity index is 1.65. The number of halogens is 1. The van der Waals surface area contributed by atoms with Gasteiger partial charge in [-0.05, 0) is 53.6 Å². The highest BCUT2D eigenvalue weighted by atomic mass is 79.9. The number of hydrogen-bond donors (Lipinski definition) is 3. The molecule has 1 aliphatic carbocycles. The van der Waals surface area contributed by atoms with E-state index < -0.39 is 18.2 Å². The topological polar surface area (TPSA) is 78.6 Å². The molecule has 4 rings (SSSR count). The van der Waals surface area contributed by atoms with Crippen LogP contribution in [0.3, 0.4) is 0 Å². The van der Waals surface area contributed by atoms with E-state index in [1.54, 1.807) is 13.0 Å². The van der Waals surface area contributed by atoms with E-state index in [-0.39, 0.29) is 5.41 Å². The number of aryl methyl sites for hydroxylation is 1. The summed E-state index contributed by atoms with van der Waals surface area (Å²) in [5.41, 5.74) is 4.28. The van der Waals surface area contributed by atoms with E-state index in [4.69, 9.17) is 6.57 Å². The number of fused-ring (bicyclic) bond motifs is 1. The van der Waals surface area contributed by atoms with Crippen molar-refractivity contribution in [3.05, 3.63) is 87.2 Å². The Morgan fingerprint density at radius 3 is 2.64 bits per heavy atom. The highest BCUT2D eigenvalue weighted by Crippen LogP contribution is 2.43. The molecule has 1 aliphatic rings. The first-order chi connectivity index (χ1) is 15.7. The maximum atomic E-state index is 13.1. The first kappa shape index (κ1) is 23.0. The molecular weight excluding hydrogens is 480 g/mol. The Morgan fingerprint density at radius 2 is 1.94 bits per heavy atom. The quantitative estimate of drug-likeness (QED) is 0.367. The van der Waals surface area contributed by atoms with Gasteiger partial charge in [-0.3, -0.25) is 0 Å². The number of hydrogen-bond acceptors (Lipinski definition) is 3. The van der Waals surface area contributed by atoms with Crippen LogP contribution in [0.25, 0.3) is 16.1 Å². The summed E-state index contributed by atoms with van der Waals surface area (Å²) in [7, 11) is 0. The lowest BCUT2D eigenvalue weighted by Crippen LogP contribution is -2.45. The summed E-state index contributed by atoms with van der Waals surface area (Å²) in [6, 6.07) is 16.1. The summed E-state index contributed by atoms with van der Waals surface area (Å²) >= 11 is 3.53. The highest BCUT2D eigenvalue weighted by Gasteiger charge is 2.39. The molecule has 0 aliphatic heterocycles. The van der Waals surface area contributed by atoms with E-state index in [0.717, 1.165) is 21.2 Å². The van der Waals surface area contributed by atoms with Gasteiger partial charge in [0.15, 0.2) is 5.69 Å². The Morgan fingerprint density at radius 1 is 1.21 bits per heavy atom. The molecule has 0 unspecified atom stereocenters. The van der Waals surface area contributed by atoms with Gasteiger partial charge in [0.05, 0.1) is 17.8 Å². The number of aliphatic hydroxyl groups is 1. The summed E-state index contributed by atoms with van der Waals surface area (Å²) in [5, 5.41) is 16.7. The van der Waals surface area contributed by atoms with Crippen LogP contribution in [0.5, 0.6) is 0 Å². The second kappa shape index (κ2) is 8.97. The third-order valence-electron chi connectivity index (χ3n) is 6.06. The number of urea groups is 1. The van der Waals surface area contributed by atoms with Gasteiger partial charge in [0.2, 0.25) is 0 Å². The molecule has 0 radical (unpaired) electrons. The van der Waals surface area contributed by atoms with Crippen molar-refractivity contribution in [1.82, 2.24) is 10.3 Å². The number of carbonyl (C=O) groups excluding carboxylic acids is 1. The van der Waals surface area contributed by atoms with E-state index in [2.05, 4.69) is 56.3 Å². The summed E-state index contributed by atoms with van der Waals surface area (Å²) in [5.74, 6) is 0.296. The van der Waals surface area contributed by atoms with Gasteiger partial charge < -0.3 is 20.6 Å². The van der Waals surface area contributed by atoms with Crippen LogP contribution in [0.4, 0.5) is 16.3 Å². The maximum Gasteiger partial charge on any atom is 0.319 e. The first-order valence-electron chi connectivity index (χ1n) is 10.7. The molecule has 168 valence electrons. The minimum Gasteiger partial charge on any atom is -0.391 e. The zero-order chi connectivity index (χ0) is 23.8. The van der Waals surface area contributed by atoms with Crippen molar-refractivity contribution >= 4 is 33.5 Å². The van der Waals surface area contributed by atoms with Gasteiger partial charge in [0.25, 0.3) is 5.82 Å². The summed E-state index contributed by atoms with van der Waals surface area (Å²) in [4.78, 5) is 21.1. The van der Waals surface area contributed by atoms with Crippen molar-refractivity contribution in [3.63, 3.8) is 0 Å². The Hall–Kier alpha value is -3.21. The zero-order valence-corrected chi connectivity index (χ0v) is 20.3. The fourth-order valence-electron chi connectivity index (χ4n) is 4.45. The minimum atomic E-state index is -0.725. The lowest BCUT2D eigenvalue weighted by atomic mass is 9.70. The monoisotopic (exact) mass is 504 g/mol. The number of carbonyl (C=O) groups is 1. The van der Waals surface area contributed by atoms with Crippen LogP contribution in [0.1, 0.15) is 43.0 Å². The van der Waals surface area contributed by atoms with Crippen molar-refractivity contribution in [2.24, 2.45) is 0 Å². The van der Waals surface area contributed by atoms with E-state index in [1.165, 1.54) is 0 Å². The molecule has 7 heteroatoms. The largest absolute Gasteiger partial charge is 0.391 e. The molecule has 33 heavy (non-hydrogen) atoms. The van der Waals surface area contributed by atoms with Crippen LogP contribution < -0.4 is 10.6 Å². The fraction of sp³-hybridized carbons (Fsp3) is 0.269. The van der Waals surface area contributed by atoms with Crippen molar-refractivity contribution in [1.29, 1.82) is 0 Å². The number of anilines is 1. The normalized spacial score (nSPS) is 18.7. The predicted molar refractivity (Wildman–Crippen MR) is 133 cm³/mol. The van der Waals surface area contributed by atoms with Gasteiger partial charge in [-0.1, -0.05) is 72.7 Å². The number of pyridine rings is 1. The maximum absolute atomic E-state index is 13.1. The molecule has 0 saturated heterocycles. The van der Waals surface area contributed by atoms with Gasteiger partial charge in [-0.25, -0.2) is 4.79 Å². The lowest BCUT2D eigenvalue weighted by molar-refractivity contribution is 0.0882. The molecule has 6 nitrogen and oxygen atoms in total. The van der Waals surface area contributed by atoms with Crippen molar-refractivity contribution < 1.29 is 9.90 Å². The number of nitrogens with one attached hydrogen (secondary N) is 2. The third-order valence-corrected chi connectivity index (χ3v) is 6.55. The third kappa shape index (κ3) is 4.63. The molecule has 3 N–H and O–H groups in total. The molecule has 0 saturated carbocycles. The summed E-state index contributed by atoms with van der Waals surface area (Å²) < 4.78 is 0.961. The fourth-order valence-corrected chi connectivity index (χ4v) is 4.81. The van der Waals surface area contributed by atoms with Gasteiger partial charge in [0, 0.05) is 10.0 Å². The molecule has 1 heterocycles. The van der Waals surface area contributed by atoms with Crippen LogP contribution in [-0.2, 0) is 5.41 Å². The molecular formula is C26H25BrN4O2. The molecule has 0 spiro atoms. The van der Waals surface area contributed by atoms with E-state index in [1.807, 2.05) is 42.5 Å². The molecule has 0 bridgehead atoms. The lowest BCUT2D eigenvalue weighted by Gasteiger charge is -2.40. The Labute approximate surface area is 202 Å². The van der Waals surface area contributed by atoms with E-state index in [0.29, 0.717) is 29.2 Å². The Kier molecular flexibility index (Phi) is 6.24. The molecule has 2 atom stereocenters. The van der Waals surface area contributed by atoms with Crippen molar-refractivity contribution in [2.75, 3.05) is 5.32 Å². The number of rotatable bonds is 3. The van der Waals surface area contributed by atoms with Crippen LogP contribution in [0.2, 0.25) is 0 Å². The van der Waals surface area contributed by atoms with Crippen LogP contribution in [-0.4, -0.2) is 22.2 Å². The van der Waals surface area contributed by atoms with Crippen molar-refractivity contribution in [3.8, 4) is 11.3 Å². The number of amides is 2.